The van der Waals surface area contributed by atoms with Gasteiger partial charge in [-0.05, 0) is 0 Å². The summed E-state index contributed by atoms with van der Waals surface area (Å²) < 4.78 is 0. The average molecular weight is 285 g/mol. The molecule has 0 aliphatic carbocycles. The summed E-state index contributed by atoms with van der Waals surface area (Å²) in [6.07, 6.45) is 0.400. The molecule has 0 radical (unpaired) electrons. The molecule has 0 fully saturated rings. The van der Waals surface area contributed by atoms with Crippen molar-refractivity contribution < 1.29 is 4.79 Å². The third-order valence-corrected chi connectivity index (χ3v) is 3.11. The van der Waals surface area contributed by atoms with Crippen molar-refractivity contribution in [2.75, 3.05) is 31.3 Å². The van der Waals surface area contributed by atoms with Crippen LogP contribution in [0.4, 0.5) is 11.6 Å². The van der Waals surface area contributed by atoms with Crippen molar-refractivity contribution in [3.05, 3.63) is 36.4 Å². The van der Waals surface area contributed by atoms with E-state index in [0.717, 1.165) is 5.56 Å². The molecule has 2 rings (SSSR count). The van der Waals surface area contributed by atoms with E-state index in [-0.39, 0.29) is 5.91 Å². The molecule has 3 N–H and O–H groups in total. The van der Waals surface area contributed by atoms with E-state index in [9.17, 15) is 4.79 Å². The molecule has 2 aromatic rings. The van der Waals surface area contributed by atoms with E-state index in [2.05, 4.69) is 15.3 Å². The molecule has 0 atom stereocenters. The first-order valence-corrected chi connectivity index (χ1v) is 6.72. The Morgan fingerprint density at radius 1 is 1.29 bits per heavy atom. The van der Waals surface area contributed by atoms with Crippen LogP contribution in [0.15, 0.2) is 36.4 Å². The second-order valence-corrected chi connectivity index (χ2v) is 4.69. The maximum atomic E-state index is 11.3. The molecular formula is C15H19N5O. The molecule has 1 amide bonds. The minimum absolute atomic E-state index is 0.00726. The Morgan fingerprint density at radius 3 is 2.67 bits per heavy atom. The van der Waals surface area contributed by atoms with E-state index in [1.807, 2.05) is 42.3 Å². The number of anilines is 2. The molecule has 0 spiro atoms. The number of amides is 1. The van der Waals surface area contributed by atoms with E-state index in [4.69, 9.17) is 5.73 Å². The molecule has 6 nitrogen and oxygen atoms in total. The number of nitrogens with one attached hydrogen (secondary N) is 1. The number of nitrogens with two attached hydrogens (primary N) is 1. The monoisotopic (exact) mass is 285 g/mol. The number of carbonyl (C=O) groups excluding carboxylic acids is 1. The highest BCUT2D eigenvalue weighted by Crippen LogP contribution is 2.20. The first-order chi connectivity index (χ1) is 10.1. The van der Waals surface area contributed by atoms with E-state index in [1.54, 1.807) is 13.1 Å². The van der Waals surface area contributed by atoms with Gasteiger partial charge in [0.15, 0.2) is 5.82 Å². The molecule has 0 unspecified atom stereocenters. The summed E-state index contributed by atoms with van der Waals surface area (Å²) in [5, 5.41) is 2.60. The van der Waals surface area contributed by atoms with Crippen molar-refractivity contribution in [1.29, 1.82) is 0 Å². The second-order valence-electron chi connectivity index (χ2n) is 4.69. The first-order valence-electron chi connectivity index (χ1n) is 6.72. The Balaban J connectivity index is 2.21. The third kappa shape index (κ3) is 3.92. The fraction of sp³-hybridized carbons (Fsp3) is 0.267. The van der Waals surface area contributed by atoms with Crippen LogP contribution in [0.1, 0.15) is 6.42 Å². The number of rotatable bonds is 5. The first kappa shape index (κ1) is 14.8. The normalized spacial score (nSPS) is 10.2. The predicted molar refractivity (Wildman–Crippen MR) is 83.8 cm³/mol. The number of nitrogens with zero attached hydrogens (tertiary/aromatic N) is 3. The van der Waals surface area contributed by atoms with E-state index in [1.165, 1.54) is 0 Å². The van der Waals surface area contributed by atoms with Gasteiger partial charge in [-0.3, -0.25) is 4.79 Å². The minimum atomic E-state index is -0.00726. The van der Waals surface area contributed by atoms with Crippen LogP contribution in [0.5, 0.6) is 0 Å². The number of hydrogen-bond acceptors (Lipinski definition) is 5. The number of aromatic nitrogens is 2. The minimum Gasteiger partial charge on any atom is -0.384 e. The lowest BCUT2D eigenvalue weighted by atomic mass is 10.2. The standard InChI is InChI=1S/C15H19N5O/c1-17-14(21)8-9-20(2)13-10-12(16)18-15(19-13)11-6-4-3-5-7-11/h3-7,10H,8-9H2,1-2H3,(H,17,21)(H2,16,18,19). The highest BCUT2D eigenvalue weighted by atomic mass is 16.1. The van der Waals surface area contributed by atoms with Crippen molar-refractivity contribution in [2.45, 2.75) is 6.42 Å². The summed E-state index contributed by atoms with van der Waals surface area (Å²) in [6, 6.07) is 11.4. The van der Waals surface area contributed by atoms with Crippen molar-refractivity contribution in [2.24, 2.45) is 0 Å². The maximum Gasteiger partial charge on any atom is 0.221 e. The van der Waals surface area contributed by atoms with Crippen molar-refractivity contribution in [3.8, 4) is 11.4 Å². The zero-order valence-corrected chi connectivity index (χ0v) is 12.2. The molecule has 110 valence electrons. The Hall–Kier alpha value is -2.63. The summed E-state index contributed by atoms with van der Waals surface area (Å²) in [7, 11) is 3.50. The van der Waals surface area contributed by atoms with Crippen LogP contribution in [0, 0.1) is 0 Å². The lowest BCUT2D eigenvalue weighted by Crippen LogP contribution is -2.27. The van der Waals surface area contributed by atoms with Gasteiger partial charge in [0, 0.05) is 38.7 Å². The van der Waals surface area contributed by atoms with Crippen LogP contribution in [-0.4, -0.2) is 36.5 Å². The van der Waals surface area contributed by atoms with E-state index >= 15 is 0 Å². The molecule has 1 aromatic heterocycles. The van der Waals surface area contributed by atoms with Crippen LogP contribution in [0.3, 0.4) is 0 Å². The van der Waals surface area contributed by atoms with Gasteiger partial charge in [0.25, 0.3) is 0 Å². The lowest BCUT2D eigenvalue weighted by molar-refractivity contribution is -0.120. The number of benzene rings is 1. The number of nitrogen functional groups attached to an aromatic ring is 1. The van der Waals surface area contributed by atoms with Gasteiger partial charge in [0.2, 0.25) is 5.91 Å². The summed E-state index contributed by atoms with van der Waals surface area (Å²) in [4.78, 5) is 22.0. The Kier molecular flexibility index (Phi) is 4.71. The van der Waals surface area contributed by atoms with Crippen molar-refractivity contribution in [3.63, 3.8) is 0 Å². The number of hydrogen-bond donors (Lipinski definition) is 2. The SMILES string of the molecule is CNC(=O)CCN(C)c1cc(N)nc(-c2ccccc2)n1. The zero-order chi connectivity index (χ0) is 15.2. The van der Waals surface area contributed by atoms with Gasteiger partial charge >= 0.3 is 0 Å². The fourth-order valence-electron chi connectivity index (χ4n) is 1.87. The van der Waals surface area contributed by atoms with Gasteiger partial charge < -0.3 is 16.0 Å². The van der Waals surface area contributed by atoms with Gasteiger partial charge in [0.05, 0.1) is 0 Å². The van der Waals surface area contributed by atoms with Gasteiger partial charge in [-0.25, -0.2) is 9.97 Å². The van der Waals surface area contributed by atoms with Crippen LogP contribution in [-0.2, 0) is 4.79 Å². The molecule has 1 heterocycles. The zero-order valence-electron chi connectivity index (χ0n) is 12.2. The van der Waals surface area contributed by atoms with Crippen LogP contribution in [0.25, 0.3) is 11.4 Å². The maximum absolute atomic E-state index is 11.3. The molecule has 0 saturated carbocycles. The molecule has 0 aliphatic heterocycles. The number of carbonyl (C=O) groups is 1. The topological polar surface area (TPSA) is 84.1 Å². The highest BCUT2D eigenvalue weighted by molar-refractivity contribution is 5.76. The third-order valence-electron chi connectivity index (χ3n) is 3.11. The summed E-state index contributed by atoms with van der Waals surface area (Å²) in [6.45, 7) is 0.560. The van der Waals surface area contributed by atoms with Crippen LogP contribution in [0.2, 0.25) is 0 Å². The predicted octanol–water partition coefficient (Wildman–Crippen LogP) is 1.30. The quantitative estimate of drug-likeness (QED) is 0.865. The van der Waals surface area contributed by atoms with Gasteiger partial charge in [-0.2, -0.15) is 0 Å². The summed E-state index contributed by atoms with van der Waals surface area (Å²) >= 11 is 0. The molecule has 21 heavy (non-hydrogen) atoms. The van der Waals surface area contributed by atoms with Gasteiger partial charge in [-0.15, -0.1) is 0 Å². The molecule has 0 bridgehead atoms. The van der Waals surface area contributed by atoms with Crippen LogP contribution >= 0.6 is 0 Å². The Labute approximate surface area is 124 Å². The molecule has 0 aliphatic rings. The molecular weight excluding hydrogens is 266 g/mol. The molecule has 1 aromatic carbocycles. The highest BCUT2D eigenvalue weighted by Gasteiger charge is 2.10. The van der Waals surface area contributed by atoms with Crippen LogP contribution < -0.4 is 16.0 Å². The summed E-state index contributed by atoms with van der Waals surface area (Å²) in [5.41, 5.74) is 6.77. The van der Waals surface area contributed by atoms with Crippen molar-refractivity contribution >= 4 is 17.5 Å². The average Bonchev–Trinajstić information content (AvgIpc) is 2.52. The lowest BCUT2D eigenvalue weighted by Gasteiger charge is -2.18. The summed E-state index contributed by atoms with van der Waals surface area (Å²) in [5.74, 6) is 1.68. The largest absolute Gasteiger partial charge is 0.384 e. The Bertz CT molecular complexity index is 615. The fourth-order valence-corrected chi connectivity index (χ4v) is 1.87. The van der Waals surface area contributed by atoms with Gasteiger partial charge in [0.1, 0.15) is 11.6 Å². The second kappa shape index (κ2) is 6.69. The Morgan fingerprint density at radius 2 is 2.00 bits per heavy atom. The van der Waals surface area contributed by atoms with Crippen molar-refractivity contribution in [1.82, 2.24) is 15.3 Å². The van der Waals surface area contributed by atoms with E-state index in [0.29, 0.717) is 30.4 Å². The van der Waals surface area contributed by atoms with E-state index < -0.39 is 0 Å². The molecule has 0 saturated heterocycles. The molecule has 6 heteroatoms. The smallest absolute Gasteiger partial charge is 0.221 e. The van der Waals surface area contributed by atoms with Gasteiger partial charge in [-0.1, -0.05) is 30.3 Å².